The van der Waals surface area contributed by atoms with Crippen molar-refractivity contribution in [1.82, 2.24) is 9.97 Å². The van der Waals surface area contributed by atoms with Crippen molar-refractivity contribution < 1.29 is 9.66 Å². The number of nitro groups is 1. The Hall–Kier alpha value is -1.92. The van der Waals surface area contributed by atoms with E-state index in [4.69, 9.17) is 4.74 Å². The number of rotatable bonds is 4. The molecular weight excluding hydrogens is 248 g/mol. The quantitative estimate of drug-likeness (QED) is 0.613. The van der Waals surface area contributed by atoms with Crippen LogP contribution in [0.5, 0.6) is 5.88 Å². The molecule has 0 atom stereocenters. The van der Waals surface area contributed by atoms with Crippen LogP contribution in [0.4, 0.5) is 11.5 Å². The van der Waals surface area contributed by atoms with Crippen LogP contribution in [0.3, 0.4) is 0 Å². The van der Waals surface area contributed by atoms with Gasteiger partial charge in [-0.15, -0.1) is 0 Å². The molecule has 0 amide bonds. The normalized spacial score (nSPS) is 16.1. The first-order valence-corrected chi connectivity index (χ1v) is 6.43. The number of aromatic nitrogens is 2. The summed E-state index contributed by atoms with van der Waals surface area (Å²) in [6.07, 6.45) is 6.60. The summed E-state index contributed by atoms with van der Waals surface area (Å²) < 4.78 is 5.72. The Kier molecular flexibility index (Phi) is 4.13. The maximum atomic E-state index is 11.2. The number of hydrogen-bond donors (Lipinski definition) is 0. The topological polar surface area (TPSA) is 81.4 Å². The molecule has 0 aliphatic heterocycles. The molecule has 0 bridgehead atoms. The lowest BCUT2D eigenvalue weighted by molar-refractivity contribution is -0.385. The predicted octanol–water partition coefficient (Wildman–Crippen LogP) is 2.16. The zero-order valence-corrected chi connectivity index (χ0v) is 11.2. The van der Waals surface area contributed by atoms with E-state index in [1.165, 1.54) is 12.7 Å². The fourth-order valence-electron chi connectivity index (χ4n) is 2.27. The van der Waals surface area contributed by atoms with Crippen LogP contribution < -0.4 is 9.64 Å². The highest BCUT2D eigenvalue weighted by atomic mass is 16.6. The van der Waals surface area contributed by atoms with E-state index in [0.717, 1.165) is 25.7 Å². The average molecular weight is 266 g/mol. The minimum atomic E-state index is -0.479. The Labute approximate surface area is 111 Å². The van der Waals surface area contributed by atoms with E-state index in [1.54, 1.807) is 19.0 Å². The lowest BCUT2D eigenvalue weighted by atomic mass is 9.98. The first kappa shape index (κ1) is 13.5. The molecule has 1 aromatic rings. The first-order valence-electron chi connectivity index (χ1n) is 6.43. The van der Waals surface area contributed by atoms with Crippen LogP contribution in [-0.2, 0) is 0 Å². The smallest absolute Gasteiger partial charge is 0.372 e. The van der Waals surface area contributed by atoms with Crippen molar-refractivity contribution in [2.75, 3.05) is 19.0 Å². The monoisotopic (exact) mass is 266 g/mol. The fraction of sp³-hybridized carbons (Fsp3) is 0.667. The van der Waals surface area contributed by atoms with Gasteiger partial charge in [0.05, 0.1) is 4.92 Å². The fourth-order valence-corrected chi connectivity index (χ4v) is 2.27. The molecule has 0 radical (unpaired) electrons. The second-order valence-corrected chi connectivity index (χ2v) is 4.88. The van der Waals surface area contributed by atoms with Crippen LogP contribution in [0, 0.1) is 10.1 Å². The van der Waals surface area contributed by atoms with Crippen LogP contribution in [0.2, 0.25) is 0 Å². The van der Waals surface area contributed by atoms with Crippen molar-refractivity contribution in [2.45, 2.75) is 38.2 Å². The SMILES string of the molecule is CN(C)c1ncnc(OC2CCCCC2)c1[N+](=O)[O-]. The molecule has 0 N–H and O–H groups in total. The standard InChI is InChI=1S/C12H18N4O3/c1-15(2)11-10(16(17)18)12(14-8-13-11)19-9-6-4-3-5-7-9/h8-9H,3-7H2,1-2H3. The molecule has 1 heterocycles. The van der Waals surface area contributed by atoms with Gasteiger partial charge in [-0.05, 0) is 25.7 Å². The third-order valence-corrected chi connectivity index (χ3v) is 3.21. The van der Waals surface area contributed by atoms with Gasteiger partial charge in [0, 0.05) is 14.1 Å². The van der Waals surface area contributed by atoms with E-state index in [-0.39, 0.29) is 23.5 Å². The van der Waals surface area contributed by atoms with Gasteiger partial charge in [0.25, 0.3) is 5.88 Å². The largest absolute Gasteiger partial charge is 0.469 e. The Balaban J connectivity index is 2.28. The van der Waals surface area contributed by atoms with Crippen molar-refractivity contribution in [3.63, 3.8) is 0 Å². The van der Waals surface area contributed by atoms with Gasteiger partial charge in [-0.2, -0.15) is 4.98 Å². The second kappa shape index (κ2) is 5.81. The Morgan fingerprint density at radius 2 is 2.00 bits per heavy atom. The molecule has 0 unspecified atom stereocenters. The number of ether oxygens (including phenoxy) is 1. The number of nitrogens with zero attached hydrogens (tertiary/aromatic N) is 4. The molecule has 104 valence electrons. The minimum absolute atomic E-state index is 0.0253. The molecule has 1 aliphatic carbocycles. The van der Waals surface area contributed by atoms with E-state index in [9.17, 15) is 10.1 Å². The number of anilines is 1. The van der Waals surface area contributed by atoms with Crippen LogP contribution in [0.1, 0.15) is 32.1 Å². The molecule has 7 heteroatoms. The second-order valence-electron chi connectivity index (χ2n) is 4.88. The van der Waals surface area contributed by atoms with E-state index in [2.05, 4.69) is 9.97 Å². The van der Waals surface area contributed by atoms with Gasteiger partial charge in [0.2, 0.25) is 5.82 Å². The predicted molar refractivity (Wildman–Crippen MR) is 70.5 cm³/mol. The average Bonchev–Trinajstić information content (AvgIpc) is 2.39. The highest BCUT2D eigenvalue weighted by Crippen LogP contribution is 2.34. The summed E-state index contributed by atoms with van der Waals surface area (Å²) in [4.78, 5) is 20.2. The Bertz CT molecular complexity index is 458. The third kappa shape index (κ3) is 3.10. The van der Waals surface area contributed by atoms with Crippen molar-refractivity contribution in [3.8, 4) is 5.88 Å². The van der Waals surface area contributed by atoms with Crippen molar-refractivity contribution in [1.29, 1.82) is 0 Å². The highest BCUT2D eigenvalue weighted by molar-refractivity contribution is 5.61. The zero-order chi connectivity index (χ0) is 13.8. The molecule has 0 spiro atoms. The van der Waals surface area contributed by atoms with Crippen molar-refractivity contribution in [3.05, 3.63) is 16.4 Å². The van der Waals surface area contributed by atoms with Crippen LogP contribution in [0.25, 0.3) is 0 Å². The van der Waals surface area contributed by atoms with Crippen LogP contribution >= 0.6 is 0 Å². The summed E-state index contributed by atoms with van der Waals surface area (Å²) >= 11 is 0. The Morgan fingerprint density at radius 1 is 1.32 bits per heavy atom. The summed E-state index contributed by atoms with van der Waals surface area (Å²) in [5.74, 6) is 0.349. The molecule has 1 fully saturated rings. The number of hydrogen-bond acceptors (Lipinski definition) is 6. The zero-order valence-electron chi connectivity index (χ0n) is 11.2. The molecule has 2 rings (SSSR count). The van der Waals surface area contributed by atoms with Gasteiger partial charge in [-0.1, -0.05) is 6.42 Å². The van der Waals surface area contributed by atoms with E-state index < -0.39 is 4.92 Å². The summed E-state index contributed by atoms with van der Waals surface area (Å²) in [6, 6.07) is 0. The third-order valence-electron chi connectivity index (χ3n) is 3.21. The maximum Gasteiger partial charge on any atom is 0.372 e. The van der Waals surface area contributed by atoms with Crippen molar-refractivity contribution >= 4 is 11.5 Å². The van der Waals surface area contributed by atoms with Gasteiger partial charge in [-0.3, -0.25) is 10.1 Å². The summed E-state index contributed by atoms with van der Waals surface area (Å²) in [5, 5.41) is 11.2. The summed E-state index contributed by atoms with van der Waals surface area (Å²) in [6.45, 7) is 0. The van der Waals surface area contributed by atoms with Gasteiger partial charge in [0.1, 0.15) is 12.4 Å². The molecular formula is C12H18N4O3. The summed E-state index contributed by atoms with van der Waals surface area (Å²) in [7, 11) is 3.42. The highest BCUT2D eigenvalue weighted by Gasteiger charge is 2.28. The van der Waals surface area contributed by atoms with E-state index in [0.29, 0.717) is 0 Å². The van der Waals surface area contributed by atoms with Crippen LogP contribution in [0.15, 0.2) is 6.33 Å². The molecule has 0 aromatic carbocycles. The van der Waals surface area contributed by atoms with Gasteiger partial charge in [0.15, 0.2) is 0 Å². The lowest BCUT2D eigenvalue weighted by Crippen LogP contribution is -2.22. The molecule has 0 saturated heterocycles. The van der Waals surface area contributed by atoms with Gasteiger partial charge in [-0.25, -0.2) is 4.98 Å². The van der Waals surface area contributed by atoms with E-state index in [1.807, 2.05) is 0 Å². The van der Waals surface area contributed by atoms with E-state index >= 15 is 0 Å². The summed E-state index contributed by atoms with van der Waals surface area (Å²) in [5.41, 5.74) is -0.155. The Morgan fingerprint density at radius 3 is 2.58 bits per heavy atom. The maximum absolute atomic E-state index is 11.2. The molecule has 19 heavy (non-hydrogen) atoms. The van der Waals surface area contributed by atoms with Crippen LogP contribution in [-0.4, -0.2) is 35.1 Å². The minimum Gasteiger partial charge on any atom is -0.469 e. The molecule has 1 aliphatic rings. The van der Waals surface area contributed by atoms with Crippen molar-refractivity contribution in [2.24, 2.45) is 0 Å². The molecule has 7 nitrogen and oxygen atoms in total. The first-order chi connectivity index (χ1) is 9.09. The molecule has 1 aromatic heterocycles. The van der Waals surface area contributed by atoms with Gasteiger partial charge < -0.3 is 9.64 Å². The van der Waals surface area contributed by atoms with Gasteiger partial charge >= 0.3 is 5.69 Å². The lowest BCUT2D eigenvalue weighted by Gasteiger charge is -2.22. The molecule has 1 saturated carbocycles.